The van der Waals surface area contributed by atoms with E-state index in [1.54, 1.807) is 0 Å². The molecule has 1 atom stereocenters. The molecule has 15 heavy (non-hydrogen) atoms. The summed E-state index contributed by atoms with van der Waals surface area (Å²) in [5.41, 5.74) is -0.444. The highest BCUT2D eigenvalue weighted by atomic mass is 32.2. The number of esters is 1. The number of carbonyl (C=O) groups excluding carboxylic acids is 1. The molecule has 0 N–H and O–H groups in total. The van der Waals surface area contributed by atoms with Crippen molar-refractivity contribution in [3.8, 4) is 11.8 Å². The highest BCUT2D eigenvalue weighted by Gasteiger charge is 2.15. The smallest absolute Gasteiger partial charge is 0.384 e. The van der Waals surface area contributed by atoms with Crippen LogP contribution in [-0.2, 0) is 9.53 Å². The lowest BCUT2D eigenvalue weighted by Gasteiger charge is -2.17. The third-order valence-electron chi connectivity index (χ3n) is 1.55. The average molecular weight is 244 g/mol. The summed E-state index contributed by atoms with van der Waals surface area (Å²) < 4.78 is 5.10. The summed E-state index contributed by atoms with van der Waals surface area (Å²) >= 11 is 3.71. The molecule has 0 radical (unpaired) electrons. The van der Waals surface area contributed by atoms with E-state index in [0.29, 0.717) is 0 Å². The molecule has 0 aromatic heterocycles. The van der Waals surface area contributed by atoms with E-state index in [0.717, 1.165) is 11.5 Å². The van der Waals surface area contributed by atoms with Crippen LogP contribution < -0.4 is 0 Å². The van der Waals surface area contributed by atoms with Gasteiger partial charge in [-0.15, -0.1) is 11.8 Å². The number of carbonyl (C=O) groups is 1. The molecule has 0 amide bonds. The second-order valence-corrected chi connectivity index (χ2v) is 6.67. The van der Waals surface area contributed by atoms with Crippen molar-refractivity contribution in [2.24, 2.45) is 0 Å². The van der Waals surface area contributed by atoms with E-state index in [4.69, 9.17) is 4.74 Å². The zero-order valence-corrected chi connectivity index (χ0v) is 11.0. The van der Waals surface area contributed by atoms with Crippen LogP contribution >= 0.6 is 23.5 Å². The molecule has 1 aliphatic rings. The van der Waals surface area contributed by atoms with Crippen molar-refractivity contribution in [2.45, 2.75) is 31.6 Å². The first-order valence-electron chi connectivity index (χ1n) is 4.91. The Balaban J connectivity index is 2.39. The van der Waals surface area contributed by atoms with Gasteiger partial charge in [0.05, 0.1) is 5.25 Å². The van der Waals surface area contributed by atoms with E-state index in [-0.39, 0.29) is 5.25 Å². The summed E-state index contributed by atoms with van der Waals surface area (Å²) in [6, 6.07) is 0. The van der Waals surface area contributed by atoms with Crippen LogP contribution in [0.15, 0.2) is 0 Å². The first kappa shape index (κ1) is 12.8. The first-order valence-corrected chi connectivity index (χ1v) is 7.11. The Hall–Kier alpha value is -0.270. The summed E-state index contributed by atoms with van der Waals surface area (Å²) in [5, 5.41) is 0.288. The van der Waals surface area contributed by atoms with Gasteiger partial charge in [0.15, 0.2) is 0 Å². The molecule has 1 unspecified atom stereocenters. The highest BCUT2D eigenvalue weighted by Crippen LogP contribution is 2.23. The Morgan fingerprint density at radius 3 is 2.67 bits per heavy atom. The minimum atomic E-state index is -0.444. The van der Waals surface area contributed by atoms with Crippen molar-refractivity contribution < 1.29 is 9.53 Å². The Labute approximate surface area is 99.9 Å². The monoisotopic (exact) mass is 244 g/mol. The molecule has 2 nitrogen and oxygen atoms in total. The Morgan fingerprint density at radius 2 is 2.13 bits per heavy atom. The molecule has 1 rings (SSSR count). The fourth-order valence-corrected chi connectivity index (χ4v) is 3.43. The topological polar surface area (TPSA) is 26.3 Å². The third-order valence-corrected chi connectivity index (χ3v) is 4.21. The number of hydrogen-bond acceptors (Lipinski definition) is 4. The van der Waals surface area contributed by atoms with Gasteiger partial charge in [-0.3, -0.25) is 0 Å². The summed E-state index contributed by atoms with van der Waals surface area (Å²) in [4.78, 5) is 11.3. The lowest BCUT2D eigenvalue weighted by atomic mass is 10.2. The van der Waals surface area contributed by atoms with Gasteiger partial charge in [-0.2, -0.15) is 11.8 Å². The average Bonchev–Trinajstić information content (AvgIpc) is 2.14. The SMILES string of the molecule is CC(C)(C)OC(=O)C#CC1CSCCS1. The van der Waals surface area contributed by atoms with Crippen LogP contribution in [0.2, 0.25) is 0 Å². The second kappa shape index (κ2) is 5.72. The standard InChI is InChI=1S/C11H16O2S2/c1-11(2,3)13-10(12)5-4-9-8-14-6-7-15-9/h9H,6-8H2,1-3H3. The predicted molar refractivity (Wildman–Crippen MR) is 67.2 cm³/mol. The molecule has 0 aromatic rings. The number of thioether (sulfide) groups is 2. The number of hydrogen-bond donors (Lipinski definition) is 0. The lowest BCUT2D eigenvalue weighted by molar-refractivity contribution is -0.147. The van der Waals surface area contributed by atoms with Gasteiger partial charge >= 0.3 is 5.97 Å². The van der Waals surface area contributed by atoms with Gasteiger partial charge in [-0.1, -0.05) is 5.92 Å². The molecule has 1 heterocycles. The van der Waals surface area contributed by atoms with Gasteiger partial charge < -0.3 is 4.74 Å². The van der Waals surface area contributed by atoms with Gasteiger partial charge in [0.2, 0.25) is 0 Å². The van der Waals surface area contributed by atoms with Crippen molar-refractivity contribution >= 4 is 29.5 Å². The largest absolute Gasteiger partial charge is 0.450 e. The van der Waals surface area contributed by atoms with Crippen molar-refractivity contribution in [3.05, 3.63) is 0 Å². The van der Waals surface area contributed by atoms with Crippen LogP contribution in [-0.4, -0.2) is 34.1 Å². The predicted octanol–water partition coefficient (Wildman–Crippen LogP) is 2.18. The Morgan fingerprint density at radius 1 is 1.40 bits per heavy atom. The van der Waals surface area contributed by atoms with Crippen LogP contribution in [0.25, 0.3) is 0 Å². The normalized spacial score (nSPS) is 21.4. The summed E-state index contributed by atoms with van der Waals surface area (Å²) in [5.74, 6) is 8.43. The molecular weight excluding hydrogens is 228 g/mol. The quantitative estimate of drug-likeness (QED) is 0.371. The summed E-state index contributed by atoms with van der Waals surface area (Å²) in [6.45, 7) is 5.54. The zero-order chi connectivity index (χ0) is 11.3. The zero-order valence-electron chi connectivity index (χ0n) is 9.33. The Bertz CT molecular complexity index is 277. The van der Waals surface area contributed by atoms with E-state index < -0.39 is 11.6 Å². The van der Waals surface area contributed by atoms with Crippen LogP contribution in [0.1, 0.15) is 20.8 Å². The van der Waals surface area contributed by atoms with E-state index in [1.807, 2.05) is 44.3 Å². The molecule has 0 bridgehead atoms. The minimum Gasteiger partial charge on any atom is -0.450 e. The molecule has 1 aliphatic heterocycles. The van der Waals surface area contributed by atoms with Gasteiger partial charge in [0.1, 0.15) is 5.60 Å². The molecule has 1 fully saturated rings. The molecule has 0 aliphatic carbocycles. The molecule has 0 aromatic carbocycles. The number of ether oxygens (including phenoxy) is 1. The van der Waals surface area contributed by atoms with Crippen molar-refractivity contribution in [3.63, 3.8) is 0 Å². The third kappa shape index (κ3) is 6.01. The summed E-state index contributed by atoms with van der Waals surface area (Å²) in [6.07, 6.45) is 0. The maximum Gasteiger partial charge on any atom is 0.384 e. The van der Waals surface area contributed by atoms with Gasteiger partial charge in [-0.25, -0.2) is 4.79 Å². The van der Waals surface area contributed by atoms with Crippen molar-refractivity contribution in [1.82, 2.24) is 0 Å². The van der Waals surface area contributed by atoms with E-state index in [2.05, 4.69) is 11.8 Å². The molecule has 0 saturated carbocycles. The van der Waals surface area contributed by atoms with Crippen LogP contribution in [0.3, 0.4) is 0 Å². The van der Waals surface area contributed by atoms with Crippen molar-refractivity contribution in [1.29, 1.82) is 0 Å². The molecular formula is C11H16O2S2. The first-order chi connectivity index (χ1) is 6.97. The van der Waals surface area contributed by atoms with Gasteiger partial charge in [0, 0.05) is 23.2 Å². The fraction of sp³-hybridized carbons (Fsp3) is 0.727. The maximum absolute atomic E-state index is 11.3. The lowest BCUT2D eigenvalue weighted by Crippen LogP contribution is -2.23. The molecule has 84 valence electrons. The van der Waals surface area contributed by atoms with E-state index in [1.165, 1.54) is 5.75 Å². The second-order valence-electron chi connectivity index (χ2n) is 4.21. The molecule has 4 heteroatoms. The van der Waals surface area contributed by atoms with Crippen LogP contribution in [0, 0.1) is 11.8 Å². The highest BCUT2D eigenvalue weighted by molar-refractivity contribution is 8.06. The molecule has 1 saturated heterocycles. The van der Waals surface area contributed by atoms with E-state index in [9.17, 15) is 4.79 Å². The molecule has 0 spiro atoms. The minimum absolute atomic E-state index is 0.288. The Kier molecular flexibility index (Phi) is 4.88. The van der Waals surface area contributed by atoms with Crippen LogP contribution in [0.5, 0.6) is 0 Å². The summed E-state index contributed by atoms with van der Waals surface area (Å²) in [7, 11) is 0. The van der Waals surface area contributed by atoms with Gasteiger partial charge in [-0.05, 0) is 20.8 Å². The van der Waals surface area contributed by atoms with Gasteiger partial charge in [0.25, 0.3) is 0 Å². The number of rotatable bonds is 0. The maximum atomic E-state index is 11.3. The van der Waals surface area contributed by atoms with Crippen molar-refractivity contribution in [2.75, 3.05) is 17.3 Å². The fourth-order valence-electron chi connectivity index (χ4n) is 1.01. The van der Waals surface area contributed by atoms with E-state index >= 15 is 0 Å². The van der Waals surface area contributed by atoms with Crippen LogP contribution in [0.4, 0.5) is 0 Å².